The molecule has 1 unspecified atom stereocenters. The molecule has 0 bridgehead atoms. The van der Waals surface area contributed by atoms with E-state index in [1.807, 2.05) is 0 Å². The maximum Gasteiger partial charge on any atom is 0.417 e. The number of carbonyl (C=O) groups is 2. The summed E-state index contributed by atoms with van der Waals surface area (Å²) in [6.07, 6.45) is -9.22. The largest absolute Gasteiger partial charge is 0.417 e. The molecule has 0 aliphatic rings. The van der Waals surface area contributed by atoms with E-state index in [9.17, 15) is 44.3 Å². The van der Waals surface area contributed by atoms with Crippen molar-refractivity contribution in [3.05, 3.63) is 73.7 Å². The smallest absolute Gasteiger partial charge is 0.336 e. The van der Waals surface area contributed by atoms with Crippen molar-refractivity contribution >= 4 is 62.5 Å². The molecule has 0 radical (unpaired) electrons. The molecule has 40 heavy (non-hydrogen) atoms. The lowest BCUT2D eigenvalue weighted by molar-refractivity contribution is -0.139. The Morgan fingerprint density at radius 1 is 0.975 bits per heavy atom. The van der Waals surface area contributed by atoms with Crippen LogP contribution in [0.4, 0.5) is 26.3 Å². The predicted octanol–water partition coefficient (Wildman–Crippen LogP) is 6.65. The van der Waals surface area contributed by atoms with Gasteiger partial charge in [0.25, 0.3) is 5.91 Å². The Morgan fingerprint density at radius 3 is 2.05 bits per heavy atom. The van der Waals surface area contributed by atoms with Gasteiger partial charge in [-0.1, -0.05) is 53.0 Å². The zero-order chi connectivity index (χ0) is 30.6. The summed E-state index contributed by atoms with van der Waals surface area (Å²) < 4.78 is 105. The number of sulfone groups is 1. The van der Waals surface area contributed by atoms with E-state index in [4.69, 9.17) is 34.8 Å². The minimum absolute atomic E-state index is 0.163. The van der Waals surface area contributed by atoms with Gasteiger partial charge in [0.15, 0.2) is 0 Å². The lowest BCUT2D eigenvalue weighted by atomic mass is 9.96. The number of rotatable bonds is 9. The van der Waals surface area contributed by atoms with Crippen molar-refractivity contribution in [2.24, 2.45) is 0 Å². The van der Waals surface area contributed by atoms with Crippen LogP contribution in [-0.2, 0) is 20.8 Å². The van der Waals surface area contributed by atoms with Crippen molar-refractivity contribution < 1.29 is 44.3 Å². The molecule has 2 rings (SSSR count). The summed E-state index contributed by atoms with van der Waals surface area (Å²) in [7, 11) is -3.45. The van der Waals surface area contributed by atoms with Gasteiger partial charge in [-0.2, -0.15) is 26.3 Å². The van der Waals surface area contributed by atoms with E-state index < -0.39 is 75.0 Å². The molecule has 0 spiro atoms. The van der Waals surface area contributed by atoms with Crippen LogP contribution in [0.2, 0.25) is 15.1 Å². The van der Waals surface area contributed by atoms with Crippen LogP contribution >= 0.6 is 34.8 Å². The highest BCUT2D eigenvalue weighted by Gasteiger charge is 2.40. The maximum absolute atomic E-state index is 13.8. The minimum atomic E-state index is -5.07. The normalized spacial score (nSPS) is 14.2. The Morgan fingerprint density at radius 2 is 1.55 bits per heavy atom. The molecule has 2 amide bonds. The zero-order valence-electron chi connectivity index (χ0n) is 20.6. The molecule has 0 aliphatic heterocycles. The first-order valence-electron chi connectivity index (χ1n) is 11.1. The molecule has 0 saturated carbocycles. The van der Waals surface area contributed by atoms with Gasteiger partial charge < -0.3 is 10.6 Å². The fourth-order valence-electron chi connectivity index (χ4n) is 3.37. The monoisotopic (exact) mass is 652 g/mol. The average molecular weight is 654 g/mol. The Kier molecular flexibility index (Phi) is 11.0. The molecule has 2 aromatic carbocycles. The lowest BCUT2D eigenvalue weighted by Gasteiger charge is -2.19. The number of amides is 2. The summed E-state index contributed by atoms with van der Waals surface area (Å²) in [4.78, 5) is 24.4. The van der Waals surface area contributed by atoms with Crippen molar-refractivity contribution in [2.75, 3.05) is 12.0 Å². The Bertz CT molecular complexity index is 1390. The quantitative estimate of drug-likeness (QED) is 0.180. The molecule has 0 heterocycles. The van der Waals surface area contributed by atoms with Crippen molar-refractivity contribution in [3.63, 3.8) is 0 Å². The van der Waals surface area contributed by atoms with Gasteiger partial charge in [-0.25, -0.2) is 8.42 Å². The molecular weight excluding hydrogens is 633 g/mol. The Balaban J connectivity index is 2.33. The van der Waals surface area contributed by atoms with Crippen LogP contribution in [0.15, 0.2) is 36.4 Å². The number of halogens is 9. The summed E-state index contributed by atoms with van der Waals surface area (Å²) in [5.41, 5.74) is -3.00. The summed E-state index contributed by atoms with van der Waals surface area (Å²) in [5, 5.41) is 3.72. The number of allylic oxidation sites excluding steroid dienone is 1. The van der Waals surface area contributed by atoms with E-state index in [0.717, 1.165) is 36.6 Å². The van der Waals surface area contributed by atoms with E-state index in [2.05, 4.69) is 10.6 Å². The standard InChI is InChI=1S/C24H21Cl3F6N2O4S/c1-12(34-20(36)7-8-40(2,38)39)35-22(37)15-5-3-13(9-17(15)24(31,32)33)4-6-16(23(28,29)30)14-10-18(25)21(27)19(26)11-14/h3-6,9-12,16H,7-8H2,1-2H3,(H,34,36)(H,35,37)/b6-4+/t12-,16?/m1/s1. The van der Waals surface area contributed by atoms with Gasteiger partial charge in [-0.3, -0.25) is 9.59 Å². The average Bonchev–Trinajstić information content (AvgIpc) is 2.79. The molecule has 6 nitrogen and oxygen atoms in total. The van der Waals surface area contributed by atoms with Gasteiger partial charge in [0.05, 0.1) is 44.0 Å². The molecule has 0 saturated heterocycles. The minimum Gasteiger partial charge on any atom is -0.336 e. The third-order valence-corrected chi connectivity index (χ3v) is 7.36. The molecule has 2 N–H and O–H groups in total. The van der Waals surface area contributed by atoms with E-state index in [-0.39, 0.29) is 20.6 Å². The second-order valence-electron chi connectivity index (χ2n) is 8.62. The highest BCUT2D eigenvalue weighted by atomic mass is 35.5. The van der Waals surface area contributed by atoms with Gasteiger partial charge in [-0.15, -0.1) is 0 Å². The first-order chi connectivity index (χ1) is 18.2. The third kappa shape index (κ3) is 9.86. The summed E-state index contributed by atoms with van der Waals surface area (Å²) >= 11 is 17.4. The number of benzene rings is 2. The van der Waals surface area contributed by atoms with Crippen LogP contribution < -0.4 is 10.6 Å². The maximum atomic E-state index is 13.8. The van der Waals surface area contributed by atoms with E-state index >= 15 is 0 Å². The Hall–Kier alpha value is -2.48. The summed E-state index contributed by atoms with van der Waals surface area (Å²) in [5.74, 6) is -4.78. The predicted molar refractivity (Wildman–Crippen MR) is 140 cm³/mol. The molecule has 0 aromatic heterocycles. The molecule has 2 atom stereocenters. The highest BCUT2D eigenvalue weighted by molar-refractivity contribution is 7.90. The number of nitrogens with one attached hydrogen (secondary N) is 2. The number of hydrogen-bond acceptors (Lipinski definition) is 4. The van der Waals surface area contributed by atoms with Crippen LogP contribution in [0.1, 0.15) is 46.3 Å². The van der Waals surface area contributed by atoms with Crippen molar-refractivity contribution in [3.8, 4) is 0 Å². The fraction of sp³-hybridized carbons (Fsp3) is 0.333. The topological polar surface area (TPSA) is 92.3 Å². The van der Waals surface area contributed by atoms with Gasteiger partial charge >= 0.3 is 12.4 Å². The van der Waals surface area contributed by atoms with Crippen LogP contribution in [0.25, 0.3) is 6.08 Å². The number of carbonyl (C=O) groups excluding carboxylic acids is 2. The highest BCUT2D eigenvalue weighted by Crippen LogP contribution is 2.41. The zero-order valence-corrected chi connectivity index (χ0v) is 23.6. The molecule has 0 fully saturated rings. The van der Waals surface area contributed by atoms with E-state index in [1.165, 1.54) is 6.92 Å². The van der Waals surface area contributed by atoms with Crippen LogP contribution in [-0.4, -0.2) is 44.6 Å². The van der Waals surface area contributed by atoms with Gasteiger partial charge in [0, 0.05) is 12.7 Å². The fourth-order valence-corrected chi connectivity index (χ4v) is 4.54. The third-order valence-electron chi connectivity index (χ3n) is 5.22. The van der Waals surface area contributed by atoms with E-state index in [1.54, 1.807) is 0 Å². The van der Waals surface area contributed by atoms with Gasteiger partial charge in [0.1, 0.15) is 9.84 Å². The van der Waals surface area contributed by atoms with Crippen LogP contribution in [0.5, 0.6) is 0 Å². The summed E-state index contributed by atoms with van der Waals surface area (Å²) in [6.45, 7) is 1.24. The number of hydrogen-bond donors (Lipinski definition) is 2. The summed E-state index contributed by atoms with van der Waals surface area (Å²) in [6, 6.07) is 4.15. The molecule has 2 aromatic rings. The number of alkyl halides is 6. The second-order valence-corrected chi connectivity index (χ2v) is 12.1. The van der Waals surface area contributed by atoms with Crippen LogP contribution in [0.3, 0.4) is 0 Å². The molecule has 0 aliphatic carbocycles. The van der Waals surface area contributed by atoms with Crippen LogP contribution in [0, 0.1) is 0 Å². The van der Waals surface area contributed by atoms with E-state index in [0.29, 0.717) is 12.1 Å². The lowest BCUT2D eigenvalue weighted by Crippen LogP contribution is -2.46. The van der Waals surface area contributed by atoms with Crippen molar-refractivity contribution in [1.29, 1.82) is 0 Å². The molecular formula is C24H21Cl3F6N2O4S. The van der Waals surface area contributed by atoms with Crippen molar-refractivity contribution in [2.45, 2.75) is 37.8 Å². The van der Waals surface area contributed by atoms with Gasteiger partial charge in [0.2, 0.25) is 5.91 Å². The SMILES string of the molecule is C[C@H](NC(=O)CCS(C)(=O)=O)NC(=O)c1ccc(/C=C/C(c2cc(Cl)c(Cl)c(Cl)c2)C(F)(F)F)cc1C(F)(F)F. The first kappa shape index (κ1) is 33.7. The van der Waals surface area contributed by atoms with Crippen molar-refractivity contribution in [1.82, 2.24) is 10.6 Å². The van der Waals surface area contributed by atoms with Gasteiger partial charge in [-0.05, 0) is 42.3 Å². The Labute approximate surface area is 240 Å². The molecule has 16 heteroatoms. The molecule has 220 valence electrons. The second kappa shape index (κ2) is 13.0. The first-order valence-corrected chi connectivity index (χ1v) is 14.3.